The number of carbonyl (C=O) groups is 3. The van der Waals surface area contributed by atoms with Crippen molar-refractivity contribution in [1.82, 2.24) is 9.96 Å². The number of urea groups is 1. The maximum absolute atomic E-state index is 12.3. The molecule has 0 aromatic carbocycles. The number of amides is 3. The van der Waals surface area contributed by atoms with Gasteiger partial charge in [-0.05, 0) is 11.6 Å². The van der Waals surface area contributed by atoms with Gasteiger partial charge in [0.25, 0.3) is 5.91 Å². The van der Waals surface area contributed by atoms with Crippen LogP contribution in [0.1, 0.15) is 32.2 Å². The van der Waals surface area contributed by atoms with E-state index in [0.717, 1.165) is 23.3 Å². The Morgan fingerprint density at radius 1 is 1.46 bits per heavy atom. The van der Waals surface area contributed by atoms with E-state index >= 15 is 0 Å². The maximum Gasteiger partial charge on any atom is 0.418 e. The number of nitrogens with zero attached hydrogens (tertiary/aromatic N) is 2. The van der Waals surface area contributed by atoms with E-state index in [0.29, 0.717) is 15.5 Å². The predicted molar refractivity (Wildman–Crippen MR) is 76.9 cm³/mol. The Hall–Kier alpha value is -2.22. The number of thiophene rings is 1. The molecule has 0 unspecified atom stereocenters. The molecular formula is C11H11N3O8S2. The summed E-state index contributed by atoms with van der Waals surface area (Å²) >= 11 is 0.901. The lowest BCUT2D eigenvalue weighted by Crippen LogP contribution is -2.38. The minimum absolute atomic E-state index is 0.0872. The van der Waals surface area contributed by atoms with Gasteiger partial charge in [-0.15, -0.1) is 15.6 Å². The smallest absolute Gasteiger partial charge is 0.418 e. The number of esters is 1. The highest BCUT2D eigenvalue weighted by Crippen LogP contribution is 2.47. The first-order chi connectivity index (χ1) is 11.1. The van der Waals surface area contributed by atoms with E-state index in [1.807, 2.05) is 0 Å². The van der Waals surface area contributed by atoms with Crippen molar-refractivity contribution in [2.75, 3.05) is 13.7 Å². The summed E-state index contributed by atoms with van der Waals surface area (Å²) in [5, 5.41) is 0.439. The summed E-state index contributed by atoms with van der Waals surface area (Å²) in [7, 11) is -3.83. The highest BCUT2D eigenvalue weighted by molar-refractivity contribution is 7.80. The molecule has 2 aliphatic heterocycles. The second-order valence-corrected chi connectivity index (χ2v) is 7.09. The molecule has 0 radical (unpaired) electrons. The van der Waals surface area contributed by atoms with Crippen molar-refractivity contribution in [3.63, 3.8) is 0 Å². The van der Waals surface area contributed by atoms with Crippen LogP contribution >= 0.6 is 11.3 Å². The summed E-state index contributed by atoms with van der Waals surface area (Å²) in [5.41, 5.74) is 5.56. The third kappa shape index (κ3) is 2.50. The third-order valence-electron chi connectivity index (χ3n) is 3.64. The summed E-state index contributed by atoms with van der Waals surface area (Å²) in [6.07, 6.45) is 0. The number of nitrogens with two attached hydrogens (primary N) is 1. The number of hydrogen-bond acceptors (Lipinski definition) is 8. The molecule has 3 N–H and O–H groups in total. The minimum atomic E-state index is -4.96. The Kier molecular flexibility index (Phi) is 3.75. The van der Waals surface area contributed by atoms with Crippen LogP contribution in [0.25, 0.3) is 0 Å². The van der Waals surface area contributed by atoms with Crippen LogP contribution in [0.3, 0.4) is 0 Å². The molecule has 0 spiro atoms. The number of hydroxylamine groups is 2. The molecule has 3 heterocycles. The van der Waals surface area contributed by atoms with Crippen molar-refractivity contribution < 1.29 is 36.4 Å². The molecule has 130 valence electrons. The van der Waals surface area contributed by atoms with Gasteiger partial charge in [0.05, 0.1) is 18.5 Å². The van der Waals surface area contributed by atoms with E-state index < -0.39 is 40.4 Å². The maximum atomic E-state index is 12.3. The topological polar surface area (TPSA) is 157 Å². The lowest BCUT2D eigenvalue weighted by molar-refractivity contribution is -0.146. The molecular weight excluding hydrogens is 366 g/mol. The standard InChI is InChI=1S/C11H11N3O8S2/c1-21-10(16)7-8-4(2-6(23-8)9(12)15)5-3-13(7)11(17)14(5)22-24(18,19)20/h2,5,7H,3H2,1H3,(H2,12,15)(H,18,19,20)/t5-,7+/m1/s1. The predicted octanol–water partition coefficient (Wildman–Crippen LogP) is -0.412. The quantitative estimate of drug-likeness (QED) is 0.529. The van der Waals surface area contributed by atoms with Gasteiger partial charge in [-0.1, -0.05) is 0 Å². The summed E-state index contributed by atoms with van der Waals surface area (Å²) in [6.45, 7) is -0.0872. The fourth-order valence-corrected chi connectivity index (χ4v) is 4.27. The number of ether oxygens (including phenoxy) is 1. The SMILES string of the molecule is COC(=O)[C@@H]1c2sc(C(N)=O)cc2[C@H]2CN1C(=O)N2OS(=O)(=O)O. The van der Waals surface area contributed by atoms with E-state index in [4.69, 9.17) is 10.3 Å². The van der Waals surface area contributed by atoms with E-state index in [9.17, 15) is 22.8 Å². The lowest BCUT2D eigenvalue weighted by Gasteiger charge is -2.28. The average Bonchev–Trinajstić information content (AvgIpc) is 3.03. The van der Waals surface area contributed by atoms with Gasteiger partial charge < -0.3 is 15.4 Å². The molecule has 2 aliphatic rings. The van der Waals surface area contributed by atoms with Crippen LogP contribution in [0.2, 0.25) is 0 Å². The molecule has 1 aromatic rings. The van der Waals surface area contributed by atoms with Crippen molar-refractivity contribution in [2.45, 2.75) is 12.1 Å². The van der Waals surface area contributed by atoms with Gasteiger partial charge in [0.1, 0.15) is 6.04 Å². The van der Waals surface area contributed by atoms with Crippen LogP contribution in [-0.2, 0) is 24.2 Å². The Morgan fingerprint density at radius 2 is 2.12 bits per heavy atom. The number of fused-ring (bicyclic) bond motifs is 4. The fraction of sp³-hybridized carbons (Fsp3) is 0.364. The first kappa shape index (κ1) is 16.6. The molecule has 3 rings (SSSR count). The van der Waals surface area contributed by atoms with Crippen molar-refractivity contribution in [1.29, 1.82) is 0 Å². The van der Waals surface area contributed by atoms with E-state index in [-0.39, 0.29) is 11.4 Å². The van der Waals surface area contributed by atoms with E-state index in [1.165, 1.54) is 6.07 Å². The molecule has 1 fully saturated rings. The molecule has 1 saturated heterocycles. The highest BCUT2D eigenvalue weighted by Gasteiger charge is 2.53. The highest BCUT2D eigenvalue weighted by atomic mass is 32.3. The molecule has 0 saturated carbocycles. The molecule has 2 bridgehead atoms. The van der Waals surface area contributed by atoms with Crippen LogP contribution < -0.4 is 5.73 Å². The van der Waals surface area contributed by atoms with Crippen LogP contribution in [0.5, 0.6) is 0 Å². The Bertz CT molecular complexity index is 847. The van der Waals surface area contributed by atoms with Crippen LogP contribution in [0, 0.1) is 0 Å². The zero-order valence-electron chi connectivity index (χ0n) is 12.0. The summed E-state index contributed by atoms with van der Waals surface area (Å²) in [5.74, 6) is -1.51. The Balaban J connectivity index is 2.13. The molecule has 3 amide bonds. The van der Waals surface area contributed by atoms with Crippen molar-refractivity contribution >= 4 is 39.6 Å². The van der Waals surface area contributed by atoms with Gasteiger partial charge >= 0.3 is 22.4 Å². The first-order valence-corrected chi connectivity index (χ1v) is 8.60. The van der Waals surface area contributed by atoms with Crippen LogP contribution in [0.15, 0.2) is 6.07 Å². The fourth-order valence-electron chi connectivity index (χ4n) is 2.73. The third-order valence-corrected chi connectivity index (χ3v) is 5.21. The summed E-state index contributed by atoms with van der Waals surface area (Å²) in [4.78, 5) is 37.3. The van der Waals surface area contributed by atoms with Gasteiger partial charge in [0, 0.05) is 4.88 Å². The van der Waals surface area contributed by atoms with Crippen molar-refractivity contribution in [3.05, 3.63) is 21.4 Å². The summed E-state index contributed by atoms with van der Waals surface area (Å²) in [6, 6.07) is -1.67. The normalized spacial score (nSPS) is 22.5. The van der Waals surface area contributed by atoms with E-state index in [2.05, 4.69) is 9.02 Å². The van der Waals surface area contributed by atoms with Gasteiger partial charge in [0.15, 0.2) is 6.04 Å². The van der Waals surface area contributed by atoms with Crippen molar-refractivity contribution in [3.8, 4) is 0 Å². The number of methoxy groups -OCH3 is 1. The van der Waals surface area contributed by atoms with Gasteiger partial charge in [-0.2, -0.15) is 13.5 Å². The number of rotatable bonds is 4. The van der Waals surface area contributed by atoms with Gasteiger partial charge in [-0.25, -0.2) is 9.59 Å². The minimum Gasteiger partial charge on any atom is -0.467 e. The summed E-state index contributed by atoms with van der Waals surface area (Å²) < 4.78 is 39.8. The van der Waals surface area contributed by atoms with Crippen molar-refractivity contribution in [2.24, 2.45) is 5.73 Å². The molecule has 1 aromatic heterocycles. The first-order valence-electron chi connectivity index (χ1n) is 6.42. The zero-order valence-corrected chi connectivity index (χ0v) is 13.7. The Morgan fingerprint density at radius 3 is 2.67 bits per heavy atom. The molecule has 0 aliphatic carbocycles. The zero-order chi connectivity index (χ0) is 17.8. The monoisotopic (exact) mass is 377 g/mol. The number of carbonyl (C=O) groups excluding carboxylic acids is 3. The van der Waals surface area contributed by atoms with Crippen LogP contribution in [-0.4, -0.2) is 54.5 Å². The van der Waals surface area contributed by atoms with E-state index in [1.54, 1.807) is 0 Å². The average molecular weight is 377 g/mol. The molecule has 2 atom stereocenters. The van der Waals surface area contributed by atoms with Gasteiger partial charge in [0.2, 0.25) is 0 Å². The molecule has 11 nitrogen and oxygen atoms in total. The van der Waals surface area contributed by atoms with Gasteiger partial charge in [-0.3, -0.25) is 9.35 Å². The second-order valence-electron chi connectivity index (χ2n) is 5.00. The second kappa shape index (κ2) is 5.41. The number of primary amides is 1. The van der Waals surface area contributed by atoms with Crippen LogP contribution in [0.4, 0.5) is 4.79 Å². The number of hydrogen-bond donors (Lipinski definition) is 2. The largest absolute Gasteiger partial charge is 0.467 e. The Labute approximate surface area is 139 Å². The molecule has 13 heteroatoms. The molecule has 24 heavy (non-hydrogen) atoms. The lowest BCUT2D eigenvalue weighted by atomic mass is 9.99.